The van der Waals surface area contributed by atoms with Crippen LogP contribution in [0.15, 0.2) is 24.3 Å². The third kappa shape index (κ3) is 4.01. The van der Waals surface area contributed by atoms with Gasteiger partial charge in [-0.25, -0.2) is 4.98 Å². The summed E-state index contributed by atoms with van der Waals surface area (Å²) in [6.07, 6.45) is 1.05. The van der Waals surface area contributed by atoms with Gasteiger partial charge < -0.3 is 9.47 Å². The summed E-state index contributed by atoms with van der Waals surface area (Å²) in [6, 6.07) is 7.95. The molecule has 2 aromatic rings. The molecule has 0 aliphatic heterocycles. The molecule has 0 unspecified atom stereocenters. The molecule has 0 bridgehead atoms. The fourth-order valence-electron chi connectivity index (χ4n) is 1.88. The van der Waals surface area contributed by atoms with Gasteiger partial charge in [0.05, 0.1) is 12.6 Å². The predicted octanol–water partition coefficient (Wildman–Crippen LogP) is 4.17. The number of ether oxygens (including phenoxy) is 2. The zero-order valence-electron chi connectivity index (χ0n) is 11.7. The lowest BCUT2D eigenvalue weighted by atomic mass is 10.1. The molecule has 108 valence electrons. The van der Waals surface area contributed by atoms with Crippen LogP contribution in [0.25, 0.3) is 10.9 Å². The van der Waals surface area contributed by atoms with E-state index in [2.05, 4.69) is 11.1 Å². The lowest BCUT2D eigenvalue weighted by Crippen LogP contribution is -1.93. The largest absolute Gasteiger partial charge is 0.497 e. The number of benzene rings is 1. The van der Waals surface area contributed by atoms with Gasteiger partial charge in [0, 0.05) is 36.5 Å². The highest BCUT2D eigenvalue weighted by molar-refractivity contribution is 7.98. The molecule has 0 spiro atoms. The maximum atomic E-state index is 6.25. The second kappa shape index (κ2) is 7.72. The minimum absolute atomic E-state index is 0.574. The highest BCUT2D eigenvalue weighted by Crippen LogP contribution is 2.26. The Morgan fingerprint density at radius 1 is 1.25 bits per heavy atom. The van der Waals surface area contributed by atoms with E-state index in [-0.39, 0.29) is 0 Å². The van der Waals surface area contributed by atoms with Crippen molar-refractivity contribution < 1.29 is 9.47 Å². The summed E-state index contributed by atoms with van der Waals surface area (Å²) in [5, 5.41) is 1.66. The highest BCUT2D eigenvalue weighted by Gasteiger charge is 2.06. The maximum Gasteiger partial charge on any atom is 0.133 e. The summed E-state index contributed by atoms with van der Waals surface area (Å²) in [6.45, 7) is 0.802. The number of methoxy groups -OCH3 is 2. The summed E-state index contributed by atoms with van der Waals surface area (Å²) >= 11 is 8.10. The summed E-state index contributed by atoms with van der Waals surface area (Å²) in [5.74, 6) is 2.73. The van der Waals surface area contributed by atoms with Crippen LogP contribution in [-0.2, 0) is 10.5 Å². The molecule has 0 radical (unpaired) electrons. The van der Waals surface area contributed by atoms with Crippen LogP contribution in [0.3, 0.4) is 0 Å². The van der Waals surface area contributed by atoms with E-state index in [0.29, 0.717) is 5.15 Å². The lowest BCUT2D eigenvalue weighted by molar-refractivity contribution is 0.200. The zero-order valence-corrected chi connectivity index (χ0v) is 13.3. The number of hydrogen-bond acceptors (Lipinski definition) is 4. The van der Waals surface area contributed by atoms with Crippen molar-refractivity contribution in [3.8, 4) is 5.75 Å². The van der Waals surface area contributed by atoms with Crippen molar-refractivity contribution in [1.82, 2.24) is 4.98 Å². The standard InChI is InChI=1S/C15H18ClNO2S/c1-18-6-3-7-20-10-12-8-11-4-5-13(19-2)9-14(11)17-15(12)16/h4-5,8-9H,3,6-7,10H2,1-2H3. The lowest BCUT2D eigenvalue weighted by Gasteiger charge is -2.07. The van der Waals surface area contributed by atoms with E-state index in [9.17, 15) is 0 Å². The van der Waals surface area contributed by atoms with Crippen LogP contribution in [-0.4, -0.2) is 31.6 Å². The summed E-state index contributed by atoms with van der Waals surface area (Å²) in [4.78, 5) is 4.45. The molecule has 0 atom stereocenters. The Bertz CT molecular complexity index is 577. The minimum atomic E-state index is 0.574. The van der Waals surface area contributed by atoms with Gasteiger partial charge in [-0.2, -0.15) is 11.8 Å². The molecule has 1 heterocycles. The number of fused-ring (bicyclic) bond motifs is 1. The molecule has 0 aliphatic carbocycles. The molecule has 0 saturated carbocycles. The van der Waals surface area contributed by atoms with Crippen LogP contribution >= 0.6 is 23.4 Å². The van der Waals surface area contributed by atoms with Crippen molar-refractivity contribution in [3.05, 3.63) is 35.0 Å². The molecule has 1 aromatic carbocycles. The van der Waals surface area contributed by atoms with Crippen molar-refractivity contribution in [1.29, 1.82) is 0 Å². The molecule has 0 saturated heterocycles. The number of thioether (sulfide) groups is 1. The van der Waals surface area contributed by atoms with Gasteiger partial charge in [0.1, 0.15) is 10.9 Å². The molecular weight excluding hydrogens is 294 g/mol. The van der Waals surface area contributed by atoms with Gasteiger partial charge in [0.15, 0.2) is 0 Å². The molecule has 0 aliphatic rings. The number of halogens is 1. The van der Waals surface area contributed by atoms with Crippen LogP contribution in [0.5, 0.6) is 5.75 Å². The Morgan fingerprint density at radius 2 is 2.10 bits per heavy atom. The molecule has 5 heteroatoms. The van der Waals surface area contributed by atoms with Crippen molar-refractivity contribution in [2.24, 2.45) is 0 Å². The minimum Gasteiger partial charge on any atom is -0.497 e. The van der Waals surface area contributed by atoms with Gasteiger partial charge in [-0.15, -0.1) is 0 Å². The fourth-order valence-corrected chi connectivity index (χ4v) is 3.08. The monoisotopic (exact) mass is 311 g/mol. The summed E-state index contributed by atoms with van der Waals surface area (Å²) < 4.78 is 10.2. The van der Waals surface area contributed by atoms with Gasteiger partial charge in [0.2, 0.25) is 0 Å². The number of pyridine rings is 1. The third-order valence-electron chi connectivity index (χ3n) is 2.95. The third-order valence-corrected chi connectivity index (χ3v) is 4.37. The number of rotatable bonds is 7. The first-order valence-electron chi connectivity index (χ1n) is 6.44. The Labute approximate surface area is 128 Å². The first-order chi connectivity index (χ1) is 9.74. The van der Waals surface area contributed by atoms with Crippen molar-refractivity contribution in [3.63, 3.8) is 0 Å². The van der Waals surface area contributed by atoms with Gasteiger partial charge in [0.25, 0.3) is 0 Å². The molecule has 3 nitrogen and oxygen atoms in total. The smallest absolute Gasteiger partial charge is 0.133 e. The average Bonchev–Trinajstić information content (AvgIpc) is 2.47. The van der Waals surface area contributed by atoms with Crippen LogP contribution in [0, 0.1) is 0 Å². The van der Waals surface area contributed by atoms with Crippen molar-refractivity contribution in [2.45, 2.75) is 12.2 Å². The number of aromatic nitrogens is 1. The average molecular weight is 312 g/mol. The topological polar surface area (TPSA) is 31.4 Å². The first kappa shape index (κ1) is 15.4. The summed E-state index contributed by atoms with van der Waals surface area (Å²) in [7, 11) is 3.37. The second-order valence-electron chi connectivity index (χ2n) is 4.40. The van der Waals surface area contributed by atoms with E-state index in [1.807, 2.05) is 30.0 Å². The molecule has 0 fully saturated rings. The number of hydrogen-bond donors (Lipinski definition) is 0. The molecule has 0 amide bonds. The normalized spacial score (nSPS) is 10.9. The Kier molecular flexibility index (Phi) is 5.95. The molecule has 0 N–H and O–H groups in total. The van der Waals surface area contributed by atoms with Gasteiger partial charge >= 0.3 is 0 Å². The van der Waals surface area contributed by atoms with E-state index in [1.165, 1.54) is 0 Å². The van der Waals surface area contributed by atoms with Gasteiger partial charge in [-0.05, 0) is 30.4 Å². The maximum absolute atomic E-state index is 6.25. The molecule has 1 aromatic heterocycles. The van der Waals surface area contributed by atoms with Crippen LogP contribution in [0.1, 0.15) is 12.0 Å². The van der Waals surface area contributed by atoms with E-state index >= 15 is 0 Å². The van der Waals surface area contributed by atoms with Gasteiger partial charge in [-0.1, -0.05) is 11.6 Å². The SMILES string of the molecule is COCCCSCc1cc2ccc(OC)cc2nc1Cl. The van der Waals surface area contributed by atoms with E-state index in [4.69, 9.17) is 21.1 Å². The highest BCUT2D eigenvalue weighted by atomic mass is 35.5. The Morgan fingerprint density at radius 3 is 2.85 bits per heavy atom. The van der Waals surface area contributed by atoms with Crippen molar-refractivity contribution in [2.75, 3.05) is 26.6 Å². The van der Waals surface area contributed by atoms with Crippen molar-refractivity contribution >= 4 is 34.3 Å². The summed E-state index contributed by atoms with van der Waals surface area (Å²) in [5.41, 5.74) is 1.94. The van der Waals surface area contributed by atoms with E-state index < -0.39 is 0 Å². The zero-order chi connectivity index (χ0) is 14.4. The number of nitrogens with zero attached hydrogens (tertiary/aromatic N) is 1. The first-order valence-corrected chi connectivity index (χ1v) is 7.97. The van der Waals surface area contributed by atoms with Crippen LogP contribution in [0.4, 0.5) is 0 Å². The van der Waals surface area contributed by atoms with E-state index in [0.717, 1.165) is 46.7 Å². The molecule has 20 heavy (non-hydrogen) atoms. The predicted molar refractivity (Wildman–Crippen MR) is 86.0 cm³/mol. The molecular formula is C15H18ClNO2S. The van der Waals surface area contributed by atoms with Crippen LogP contribution < -0.4 is 4.74 Å². The molecule has 2 rings (SSSR count). The Balaban J connectivity index is 2.08. The fraction of sp³-hybridized carbons (Fsp3) is 0.400. The van der Waals surface area contributed by atoms with E-state index in [1.54, 1.807) is 14.2 Å². The Hall–Kier alpha value is -0.970. The quantitative estimate of drug-likeness (QED) is 0.567. The second-order valence-corrected chi connectivity index (χ2v) is 5.86. The van der Waals surface area contributed by atoms with Crippen LogP contribution in [0.2, 0.25) is 5.15 Å². The van der Waals surface area contributed by atoms with Gasteiger partial charge in [-0.3, -0.25) is 0 Å².